The molecule has 1 aromatic heterocycles. The van der Waals surface area contributed by atoms with Crippen LogP contribution in [0, 0.1) is 0 Å². The third-order valence-corrected chi connectivity index (χ3v) is 3.76. The number of pyridine rings is 1. The summed E-state index contributed by atoms with van der Waals surface area (Å²) in [5.74, 6) is -0.309. The van der Waals surface area contributed by atoms with Crippen molar-refractivity contribution in [1.82, 2.24) is 10.4 Å². The van der Waals surface area contributed by atoms with Gasteiger partial charge in [-0.2, -0.15) is 5.10 Å². The van der Waals surface area contributed by atoms with Gasteiger partial charge in [0.15, 0.2) is 0 Å². The summed E-state index contributed by atoms with van der Waals surface area (Å²) in [6, 6.07) is 10.9. The maximum absolute atomic E-state index is 12.1. The molecular formula is C16H14ClN3O. The van der Waals surface area contributed by atoms with Gasteiger partial charge in [0.2, 0.25) is 0 Å². The van der Waals surface area contributed by atoms with E-state index in [1.165, 1.54) is 5.56 Å². The quantitative estimate of drug-likeness (QED) is 0.866. The minimum absolute atomic E-state index is 0.309. The van der Waals surface area contributed by atoms with Crippen molar-refractivity contribution in [3.05, 3.63) is 64.4 Å². The lowest BCUT2D eigenvalue weighted by Gasteiger charge is -2.16. The Morgan fingerprint density at radius 3 is 2.90 bits per heavy atom. The van der Waals surface area contributed by atoms with E-state index in [0.717, 1.165) is 30.7 Å². The molecule has 1 amide bonds. The van der Waals surface area contributed by atoms with Crippen molar-refractivity contribution in [3.63, 3.8) is 0 Å². The molecule has 21 heavy (non-hydrogen) atoms. The lowest BCUT2D eigenvalue weighted by atomic mass is 9.95. The van der Waals surface area contributed by atoms with Crippen LogP contribution in [0.25, 0.3) is 0 Å². The van der Waals surface area contributed by atoms with Crippen LogP contribution in [0.2, 0.25) is 5.02 Å². The number of nitrogens with zero attached hydrogens (tertiary/aromatic N) is 2. The van der Waals surface area contributed by atoms with Crippen molar-refractivity contribution in [2.24, 2.45) is 5.10 Å². The molecule has 0 saturated heterocycles. The summed E-state index contributed by atoms with van der Waals surface area (Å²) in [6.07, 6.45) is 4.57. The highest BCUT2D eigenvalue weighted by atomic mass is 35.5. The number of aromatic nitrogens is 1. The fourth-order valence-electron chi connectivity index (χ4n) is 2.40. The van der Waals surface area contributed by atoms with E-state index in [1.807, 2.05) is 12.1 Å². The summed E-state index contributed by atoms with van der Waals surface area (Å²) in [7, 11) is 0. The van der Waals surface area contributed by atoms with Crippen LogP contribution in [0.1, 0.15) is 34.5 Å². The Bertz CT molecular complexity index is 712. The predicted molar refractivity (Wildman–Crippen MR) is 82.6 cm³/mol. The fraction of sp³-hybridized carbons (Fsp3) is 0.188. The number of halogens is 1. The molecular weight excluding hydrogens is 286 g/mol. The highest BCUT2D eigenvalue weighted by Crippen LogP contribution is 2.19. The van der Waals surface area contributed by atoms with Crippen molar-refractivity contribution < 1.29 is 4.79 Å². The van der Waals surface area contributed by atoms with E-state index in [4.69, 9.17) is 11.6 Å². The number of rotatable bonds is 2. The molecule has 1 aliphatic carbocycles. The zero-order valence-corrected chi connectivity index (χ0v) is 12.1. The smallest absolute Gasteiger partial charge is 0.267 e. The first kappa shape index (κ1) is 13.8. The molecule has 5 heteroatoms. The van der Waals surface area contributed by atoms with E-state index >= 15 is 0 Å². The molecule has 0 atom stereocenters. The van der Waals surface area contributed by atoms with Crippen LogP contribution in [0.3, 0.4) is 0 Å². The molecule has 0 radical (unpaired) electrons. The molecule has 1 heterocycles. The maximum atomic E-state index is 12.1. The van der Waals surface area contributed by atoms with Crippen LogP contribution in [0.15, 0.2) is 47.7 Å². The minimum Gasteiger partial charge on any atom is -0.267 e. The van der Waals surface area contributed by atoms with Gasteiger partial charge in [0.25, 0.3) is 5.91 Å². The zero-order chi connectivity index (χ0) is 14.7. The summed E-state index contributed by atoms with van der Waals surface area (Å²) in [5, 5.41) is 4.65. The van der Waals surface area contributed by atoms with Crippen LogP contribution in [-0.2, 0) is 6.42 Å². The molecule has 0 bridgehead atoms. The van der Waals surface area contributed by atoms with Crippen molar-refractivity contribution in [3.8, 4) is 0 Å². The highest BCUT2D eigenvalue weighted by molar-refractivity contribution is 6.33. The number of carbonyl (C=O) groups excluding carboxylic acids is 1. The topological polar surface area (TPSA) is 54.4 Å². The number of amides is 1. The summed E-state index contributed by atoms with van der Waals surface area (Å²) >= 11 is 6.00. The van der Waals surface area contributed by atoms with Crippen molar-refractivity contribution in [2.75, 3.05) is 0 Å². The lowest BCUT2D eigenvalue weighted by Crippen LogP contribution is -2.23. The molecule has 0 spiro atoms. The average molecular weight is 300 g/mol. The van der Waals surface area contributed by atoms with Crippen LogP contribution >= 0.6 is 11.6 Å². The van der Waals surface area contributed by atoms with Crippen molar-refractivity contribution in [1.29, 1.82) is 0 Å². The van der Waals surface area contributed by atoms with Gasteiger partial charge >= 0.3 is 0 Å². The van der Waals surface area contributed by atoms with Gasteiger partial charge in [-0.25, -0.2) is 5.43 Å². The molecule has 0 fully saturated rings. The van der Waals surface area contributed by atoms with Gasteiger partial charge < -0.3 is 0 Å². The number of hydrogen-bond donors (Lipinski definition) is 1. The first-order chi connectivity index (χ1) is 10.3. The van der Waals surface area contributed by atoms with Crippen LogP contribution < -0.4 is 5.43 Å². The first-order valence-corrected chi connectivity index (χ1v) is 7.19. The highest BCUT2D eigenvalue weighted by Gasteiger charge is 2.17. The largest absolute Gasteiger partial charge is 0.272 e. The van der Waals surface area contributed by atoms with Crippen LogP contribution in [0.5, 0.6) is 0 Å². The summed E-state index contributed by atoms with van der Waals surface area (Å²) in [4.78, 5) is 16.5. The number of carbonyl (C=O) groups is 1. The van der Waals surface area contributed by atoms with Gasteiger partial charge in [0, 0.05) is 6.20 Å². The molecule has 4 nitrogen and oxygen atoms in total. The number of fused-ring (bicyclic) bond motifs is 1. The van der Waals surface area contributed by atoms with Gasteiger partial charge in [0.05, 0.1) is 22.0 Å². The van der Waals surface area contributed by atoms with E-state index in [1.54, 1.807) is 30.5 Å². The Hall–Kier alpha value is -2.20. The summed E-state index contributed by atoms with van der Waals surface area (Å²) in [6.45, 7) is 0. The Labute approximate surface area is 127 Å². The van der Waals surface area contributed by atoms with Crippen LogP contribution in [0.4, 0.5) is 0 Å². The molecule has 1 N–H and O–H groups in total. The molecule has 106 valence electrons. The second-order valence-corrected chi connectivity index (χ2v) is 5.25. The normalized spacial score (nSPS) is 15.6. The van der Waals surface area contributed by atoms with E-state index < -0.39 is 0 Å². The number of nitrogens with one attached hydrogen (secondary N) is 1. The summed E-state index contributed by atoms with van der Waals surface area (Å²) in [5.41, 5.74) is 5.86. The molecule has 2 aromatic rings. The Morgan fingerprint density at radius 1 is 1.19 bits per heavy atom. The fourth-order valence-corrected chi connectivity index (χ4v) is 2.62. The Morgan fingerprint density at radius 2 is 2.05 bits per heavy atom. The van der Waals surface area contributed by atoms with Crippen LogP contribution in [-0.4, -0.2) is 16.6 Å². The van der Waals surface area contributed by atoms with Gasteiger partial charge in [-0.1, -0.05) is 29.8 Å². The maximum Gasteiger partial charge on any atom is 0.272 e. The van der Waals surface area contributed by atoms with E-state index in [-0.39, 0.29) is 5.91 Å². The Balaban J connectivity index is 1.82. The number of hydrogen-bond acceptors (Lipinski definition) is 3. The molecule has 3 rings (SSSR count). The number of aryl methyl sites for hydroxylation is 1. The third-order valence-electron chi connectivity index (χ3n) is 3.44. The monoisotopic (exact) mass is 299 g/mol. The second-order valence-electron chi connectivity index (χ2n) is 4.84. The average Bonchev–Trinajstić information content (AvgIpc) is 2.53. The van der Waals surface area contributed by atoms with E-state index in [9.17, 15) is 4.79 Å². The Kier molecular flexibility index (Phi) is 3.97. The first-order valence-electron chi connectivity index (χ1n) is 6.81. The number of benzene rings is 1. The SMILES string of the molecule is O=C(N/N=C1\CCCc2cccnc21)c1ccccc1Cl. The van der Waals surface area contributed by atoms with Crippen molar-refractivity contribution >= 4 is 23.2 Å². The summed E-state index contributed by atoms with van der Waals surface area (Å²) < 4.78 is 0. The number of hydrazone groups is 1. The standard InChI is InChI=1S/C16H14ClN3O/c17-13-8-2-1-7-12(13)16(21)20-19-14-9-3-5-11-6-4-10-18-15(11)14/h1-2,4,6-8,10H,3,5,9H2,(H,20,21)/b19-14+. The van der Waals surface area contributed by atoms with Gasteiger partial charge in [-0.3, -0.25) is 9.78 Å². The molecule has 0 saturated carbocycles. The second kappa shape index (κ2) is 6.06. The van der Waals surface area contributed by atoms with Gasteiger partial charge in [-0.15, -0.1) is 0 Å². The molecule has 1 aromatic carbocycles. The minimum atomic E-state index is -0.309. The van der Waals surface area contributed by atoms with Crippen molar-refractivity contribution in [2.45, 2.75) is 19.3 Å². The van der Waals surface area contributed by atoms with Gasteiger partial charge in [0.1, 0.15) is 0 Å². The molecule has 0 aliphatic heterocycles. The lowest BCUT2D eigenvalue weighted by molar-refractivity contribution is 0.0955. The third kappa shape index (κ3) is 2.95. The van der Waals surface area contributed by atoms with E-state index in [0.29, 0.717) is 10.6 Å². The van der Waals surface area contributed by atoms with E-state index in [2.05, 4.69) is 15.5 Å². The molecule has 0 unspecified atom stereocenters. The van der Waals surface area contributed by atoms with Gasteiger partial charge in [-0.05, 0) is 43.0 Å². The zero-order valence-electron chi connectivity index (χ0n) is 11.3. The molecule has 1 aliphatic rings. The predicted octanol–water partition coefficient (Wildman–Crippen LogP) is 3.21.